The molecule has 0 spiro atoms. The summed E-state index contributed by atoms with van der Waals surface area (Å²) in [6, 6.07) is 31.8. The van der Waals surface area contributed by atoms with Crippen LogP contribution in [-0.2, 0) is 45.6 Å². The molecule has 0 heterocycles. The average Bonchev–Trinajstić information content (AvgIpc) is 3.54. The van der Waals surface area contributed by atoms with Gasteiger partial charge in [-0.1, -0.05) is 153 Å². The maximum absolute atomic E-state index is 2.37. The average molecular weight is 822 g/mol. The molecule has 0 aliphatic heterocycles. The third-order valence-corrected chi connectivity index (χ3v) is 8.10. The molecule has 0 saturated heterocycles. The summed E-state index contributed by atoms with van der Waals surface area (Å²) in [7, 11) is 0. The van der Waals surface area contributed by atoms with Crippen molar-refractivity contribution in [3.05, 3.63) is 107 Å². The van der Waals surface area contributed by atoms with Gasteiger partial charge in [0, 0.05) is 0 Å². The molecule has 248 valence electrons. The summed E-state index contributed by atoms with van der Waals surface area (Å²) in [5.74, 6) is 0. The first-order chi connectivity index (χ1) is 20.1. The summed E-state index contributed by atoms with van der Waals surface area (Å²) in [4.78, 5) is 0. The molecule has 0 aromatic heterocycles. The summed E-state index contributed by atoms with van der Waals surface area (Å²) in [5.41, 5.74) is 9.06. The molecule has 0 unspecified atom stereocenters. The number of fused-ring (bicyclic) bond motifs is 3. The summed E-state index contributed by atoms with van der Waals surface area (Å²) < 4.78 is 1.56. The van der Waals surface area contributed by atoms with E-state index < -0.39 is 0 Å². The molecule has 0 nitrogen and oxygen atoms in total. The van der Waals surface area contributed by atoms with Crippen molar-refractivity contribution in [3.63, 3.8) is 0 Å². The predicted octanol–water partition coefficient (Wildman–Crippen LogP) is 6.73. The fourth-order valence-corrected chi connectivity index (χ4v) is 5.18. The third-order valence-electron chi connectivity index (χ3n) is 8.10. The summed E-state index contributed by atoms with van der Waals surface area (Å²) in [6.45, 7) is 31.6. The van der Waals surface area contributed by atoms with Crippen LogP contribution in [0, 0.1) is 0 Å². The summed E-state index contributed by atoms with van der Waals surface area (Å²) >= 11 is 1.27. The van der Waals surface area contributed by atoms with Gasteiger partial charge in [-0.05, 0) is 21.7 Å². The fourth-order valence-electron chi connectivity index (χ4n) is 5.18. The van der Waals surface area contributed by atoms with Gasteiger partial charge in [0.15, 0.2) is 0 Å². The Morgan fingerprint density at radius 1 is 0.522 bits per heavy atom. The van der Waals surface area contributed by atoms with Gasteiger partial charge in [-0.15, -0.1) is 45.8 Å². The number of hydrogen-bond donors (Lipinski definition) is 0. The molecule has 0 amide bonds. The Balaban J connectivity index is 0.000000398. The van der Waals surface area contributed by atoms with Gasteiger partial charge in [0.05, 0.1) is 0 Å². The second-order valence-corrected chi connectivity index (χ2v) is 20.3. The molecule has 0 saturated carbocycles. The van der Waals surface area contributed by atoms with Crippen LogP contribution >= 0.6 is 0 Å². The Hall–Kier alpha value is -1.80. The van der Waals surface area contributed by atoms with Crippen molar-refractivity contribution in [3.8, 4) is 11.1 Å². The van der Waals surface area contributed by atoms with Crippen LogP contribution in [0.3, 0.4) is 0 Å². The molecule has 0 fully saturated rings. The zero-order valence-corrected chi connectivity index (χ0v) is 35.9. The van der Waals surface area contributed by atoms with Crippen LogP contribution in [0.2, 0.25) is 0 Å². The van der Waals surface area contributed by atoms with Crippen molar-refractivity contribution in [2.45, 2.75) is 119 Å². The molecule has 0 atom stereocenters. The normalized spacial score (nSPS) is 11.9. The molecule has 5 aromatic carbocycles. The van der Waals surface area contributed by atoms with E-state index in [1.165, 1.54) is 78.8 Å². The van der Waals surface area contributed by atoms with Gasteiger partial charge in [-0.3, -0.25) is 0 Å². The van der Waals surface area contributed by atoms with Crippen molar-refractivity contribution in [2.24, 2.45) is 0 Å². The SMILES string of the molecule is CC(C)(C)c1cc(-c2ccc[cH-]2)cc(C(C)(C)C)c1.CC(C)(C)c1ccc2c(c1)[cH-]c1cc(C(C)(C)C)ccc12.C[C](C)=[Hf+2].[Cl-].[Cl-]. The summed E-state index contributed by atoms with van der Waals surface area (Å²) in [6.07, 6.45) is 0. The smallest absolute Gasteiger partial charge is 1.00 e. The molecule has 0 N–H and O–H groups in total. The monoisotopic (exact) mass is 822 g/mol. The minimum absolute atomic E-state index is 0. The van der Waals surface area contributed by atoms with Gasteiger partial charge in [-0.2, -0.15) is 23.8 Å². The Labute approximate surface area is 308 Å². The number of benzene rings is 3. The predicted molar refractivity (Wildman–Crippen MR) is 196 cm³/mol. The van der Waals surface area contributed by atoms with Crippen LogP contribution in [0.4, 0.5) is 0 Å². The molecule has 0 bridgehead atoms. The van der Waals surface area contributed by atoms with Crippen LogP contribution < -0.4 is 24.8 Å². The number of halogens is 2. The first-order valence-electron chi connectivity index (χ1n) is 16.1. The maximum atomic E-state index is 2.37. The Morgan fingerprint density at radius 3 is 1.20 bits per heavy atom. The topological polar surface area (TPSA) is 0 Å². The molecular formula is C43H56Cl2Hf-2. The largest absolute Gasteiger partial charge is 1.00 e. The number of hydrogen-bond acceptors (Lipinski definition) is 0. The van der Waals surface area contributed by atoms with Gasteiger partial charge < -0.3 is 24.8 Å². The molecule has 5 aromatic rings. The van der Waals surface area contributed by atoms with Crippen LogP contribution in [0.25, 0.3) is 32.7 Å². The number of rotatable bonds is 1. The zero-order chi connectivity index (χ0) is 33.3. The minimum atomic E-state index is 0. The van der Waals surface area contributed by atoms with E-state index in [1.54, 1.807) is 3.26 Å². The van der Waals surface area contributed by atoms with E-state index in [-0.39, 0.29) is 46.5 Å². The third kappa shape index (κ3) is 11.4. The molecule has 0 aliphatic carbocycles. The molecule has 5 rings (SSSR count). The van der Waals surface area contributed by atoms with Crippen molar-refractivity contribution in [1.29, 1.82) is 0 Å². The van der Waals surface area contributed by atoms with E-state index in [0.717, 1.165) is 0 Å². The molecule has 46 heavy (non-hydrogen) atoms. The fraction of sp³-hybridized carbons (Fsp3) is 0.419. The Morgan fingerprint density at radius 2 is 0.891 bits per heavy atom. The zero-order valence-electron chi connectivity index (χ0n) is 30.8. The van der Waals surface area contributed by atoms with Crippen molar-refractivity contribution < 1.29 is 48.7 Å². The van der Waals surface area contributed by atoms with Crippen LogP contribution in [0.15, 0.2) is 84.9 Å². The van der Waals surface area contributed by atoms with Gasteiger partial charge in [0.25, 0.3) is 0 Å². The van der Waals surface area contributed by atoms with Crippen LogP contribution in [0.1, 0.15) is 119 Å². The molecule has 3 heteroatoms. The van der Waals surface area contributed by atoms with E-state index in [0.29, 0.717) is 0 Å². The first kappa shape index (κ1) is 42.2. The molecule has 0 aliphatic rings. The van der Waals surface area contributed by atoms with Gasteiger partial charge in [0.1, 0.15) is 0 Å². The van der Waals surface area contributed by atoms with Crippen molar-refractivity contribution in [2.75, 3.05) is 0 Å². The van der Waals surface area contributed by atoms with Crippen molar-refractivity contribution in [1.82, 2.24) is 0 Å². The van der Waals surface area contributed by atoms with Crippen molar-refractivity contribution >= 4 is 24.8 Å². The van der Waals surface area contributed by atoms with E-state index in [2.05, 4.69) is 182 Å². The minimum Gasteiger partial charge on any atom is -1.00 e. The van der Waals surface area contributed by atoms with Gasteiger partial charge >= 0.3 is 41.0 Å². The van der Waals surface area contributed by atoms with E-state index in [9.17, 15) is 0 Å². The molecular weight excluding hydrogens is 766 g/mol. The maximum Gasteiger partial charge on any atom is -1.00 e. The Bertz CT molecular complexity index is 1600. The first-order valence-corrected chi connectivity index (χ1v) is 17.9. The van der Waals surface area contributed by atoms with E-state index in [4.69, 9.17) is 0 Å². The van der Waals surface area contributed by atoms with Gasteiger partial charge in [0.2, 0.25) is 0 Å². The van der Waals surface area contributed by atoms with E-state index >= 15 is 0 Å². The van der Waals surface area contributed by atoms with Crippen LogP contribution in [-0.4, -0.2) is 3.26 Å². The molecule has 0 radical (unpaired) electrons. The van der Waals surface area contributed by atoms with E-state index in [1.807, 2.05) is 0 Å². The standard InChI is InChI=1S/C21H25.C19H25.C3H6.2ClH.Hf/c1-20(2,3)16-7-9-18-14(12-16)11-15-13-17(21(4,5)6)8-10-19(15)18;1-18(2,3)16-11-15(14-9-7-8-10-14)12-17(13-16)19(4,5)6;1-3-2;;;/h7-13H,1-6H3;7-13H,1-6H3;1-2H3;2*1H;/q2*-1;;;;+2/p-2. The van der Waals surface area contributed by atoms with Gasteiger partial charge in [-0.25, -0.2) is 0 Å². The van der Waals surface area contributed by atoms with Crippen LogP contribution in [0.5, 0.6) is 0 Å². The quantitative estimate of drug-likeness (QED) is 0.130. The second-order valence-electron chi connectivity index (χ2n) is 16.7. The summed E-state index contributed by atoms with van der Waals surface area (Å²) in [5, 5.41) is 5.48. The second kappa shape index (κ2) is 16.1. The Kier molecular flexibility index (Phi) is 14.7.